The summed E-state index contributed by atoms with van der Waals surface area (Å²) < 4.78 is 20.7. The van der Waals surface area contributed by atoms with E-state index in [-0.39, 0.29) is 5.28 Å². The standard InChI is InChI=1S/C20H21ClFN5O/c1-12(22)16(23)9-14-10-18-19(24-11-15-3-2-8-28-15)25-20(21)26-27(18)17(14)7-6-13-4-5-13/h2-3,8,10,12-13,16H,4-5,9,11,23H2,1H3,(H,24,25,26)/t12-,16+/m0/s1. The summed E-state index contributed by atoms with van der Waals surface area (Å²) in [5.41, 5.74) is 8.21. The van der Waals surface area contributed by atoms with Gasteiger partial charge in [0.05, 0.1) is 12.8 Å². The van der Waals surface area contributed by atoms with Gasteiger partial charge in [-0.05, 0) is 67.5 Å². The van der Waals surface area contributed by atoms with Gasteiger partial charge in [-0.3, -0.25) is 0 Å². The summed E-state index contributed by atoms with van der Waals surface area (Å²) in [6.07, 6.45) is 3.06. The van der Waals surface area contributed by atoms with E-state index in [2.05, 4.69) is 27.2 Å². The molecule has 8 heteroatoms. The normalized spacial score (nSPS) is 15.9. The minimum Gasteiger partial charge on any atom is -0.467 e. The first-order chi connectivity index (χ1) is 13.5. The zero-order valence-corrected chi connectivity index (χ0v) is 16.2. The Morgan fingerprint density at radius 3 is 3.00 bits per heavy atom. The number of furan rings is 1. The maximum absolute atomic E-state index is 13.7. The molecular weight excluding hydrogens is 381 g/mol. The lowest BCUT2D eigenvalue weighted by Crippen LogP contribution is -2.31. The van der Waals surface area contributed by atoms with Crippen molar-refractivity contribution in [2.24, 2.45) is 11.7 Å². The zero-order valence-electron chi connectivity index (χ0n) is 15.5. The molecule has 146 valence electrons. The number of nitrogens with two attached hydrogens (primary N) is 1. The second-order valence-electron chi connectivity index (χ2n) is 7.07. The van der Waals surface area contributed by atoms with Gasteiger partial charge in [-0.1, -0.05) is 5.92 Å². The van der Waals surface area contributed by atoms with Crippen LogP contribution in [0.25, 0.3) is 5.52 Å². The average Bonchev–Trinajstić information content (AvgIpc) is 3.21. The molecule has 0 aliphatic heterocycles. The molecule has 2 atom stereocenters. The molecule has 1 saturated carbocycles. The van der Waals surface area contributed by atoms with E-state index in [1.165, 1.54) is 6.92 Å². The van der Waals surface area contributed by atoms with Crippen molar-refractivity contribution < 1.29 is 8.81 Å². The first kappa shape index (κ1) is 18.8. The number of alkyl halides is 1. The molecule has 3 aromatic rings. The lowest BCUT2D eigenvalue weighted by Gasteiger charge is -2.11. The summed E-state index contributed by atoms with van der Waals surface area (Å²) in [6.45, 7) is 1.91. The first-order valence-electron chi connectivity index (χ1n) is 9.27. The van der Waals surface area contributed by atoms with Gasteiger partial charge in [-0.15, -0.1) is 5.10 Å². The second kappa shape index (κ2) is 7.82. The molecule has 1 aliphatic carbocycles. The number of aromatic nitrogens is 3. The number of fused-ring (bicyclic) bond motifs is 1. The number of anilines is 1. The molecule has 1 fully saturated rings. The molecule has 0 radical (unpaired) electrons. The third kappa shape index (κ3) is 4.13. The number of nitrogens with one attached hydrogen (secondary N) is 1. The molecular formula is C20H21ClFN5O. The molecule has 28 heavy (non-hydrogen) atoms. The monoisotopic (exact) mass is 401 g/mol. The van der Waals surface area contributed by atoms with Gasteiger partial charge < -0.3 is 15.5 Å². The zero-order chi connectivity index (χ0) is 19.7. The van der Waals surface area contributed by atoms with Crippen LogP contribution in [0.4, 0.5) is 10.2 Å². The van der Waals surface area contributed by atoms with Crippen LogP contribution in [0.3, 0.4) is 0 Å². The summed E-state index contributed by atoms with van der Waals surface area (Å²) in [5.74, 6) is 8.19. The summed E-state index contributed by atoms with van der Waals surface area (Å²) >= 11 is 6.16. The molecule has 3 heterocycles. The minimum atomic E-state index is -1.13. The SMILES string of the molecule is C[C@H](F)[C@H](N)Cc1cc2c(NCc3ccco3)nc(Cl)nn2c1C#CC1CC1. The Kier molecular flexibility index (Phi) is 5.25. The van der Waals surface area contributed by atoms with Crippen LogP contribution in [0.15, 0.2) is 28.9 Å². The summed E-state index contributed by atoms with van der Waals surface area (Å²) in [4.78, 5) is 4.30. The predicted octanol–water partition coefficient (Wildman–Crippen LogP) is 3.58. The topological polar surface area (TPSA) is 81.4 Å². The third-order valence-corrected chi connectivity index (χ3v) is 4.87. The van der Waals surface area contributed by atoms with Crippen LogP contribution in [0, 0.1) is 17.8 Å². The van der Waals surface area contributed by atoms with Crippen LogP contribution in [-0.2, 0) is 13.0 Å². The van der Waals surface area contributed by atoms with E-state index >= 15 is 0 Å². The molecule has 0 amide bonds. The molecule has 3 aromatic heterocycles. The second-order valence-corrected chi connectivity index (χ2v) is 7.40. The molecule has 0 spiro atoms. The predicted molar refractivity (Wildman–Crippen MR) is 106 cm³/mol. The van der Waals surface area contributed by atoms with Crippen LogP contribution < -0.4 is 11.1 Å². The highest BCUT2D eigenvalue weighted by Gasteiger charge is 2.21. The minimum absolute atomic E-state index is 0.0919. The molecule has 3 N–H and O–H groups in total. The summed E-state index contributed by atoms with van der Waals surface area (Å²) in [5, 5.41) is 7.64. The molecule has 0 saturated heterocycles. The van der Waals surface area contributed by atoms with E-state index in [4.69, 9.17) is 21.8 Å². The fourth-order valence-electron chi connectivity index (χ4n) is 2.90. The maximum Gasteiger partial charge on any atom is 0.243 e. The van der Waals surface area contributed by atoms with E-state index in [0.717, 1.165) is 24.2 Å². The Morgan fingerprint density at radius 1 is 1.50 bits per heavy atom. The van der Waals surface area contributed by atoms with E-state index < -0.39 is 12.2 Å². The van der Waals surface area contributed by atoms with Crippen molar-refractivity contribution in [1.29, 1.82) is 0 Å². The van der Waals surface area contributed by atoms with Gasteiger partial charge in [0.25, 0.3) is 0 Å². The van der Waals surface area contributed by atoms with Gasteiger partial charge >= 0.3 is 0 Å². The van der Waals surface area contributed by atoms with E-state index in [1.807, 2.05) is 18.2 Å². The van der Waals surface area contributed by atoms with Crippen molar-refractivity contribution in [2.45, 2.75) is 44.9 Å². The highest BCUT2D eigenvalue weighted by atomic mass is 35.5. The fourth-order valence-corrected chi connectivity index (χ4v) is 3.06. The Balaban J connectivity index is 1.75. The number of halogens is 2. The molecule has 6 nitrogen and oxygen atoms in total. The molecule has 0 bridgehead atoms. The van der Waals surface area contributed by atoms with Crippen molar-refractivity contribution in [3.05, 3.63) is 46.8 Å². The fraction of sp³-hybridized carbons (Fsp3) is 0.400. The van der Waals surface area contributed by atoms with Crippen molar-refractivity contribution in [3.63, 3.8) is 0 Å². The smallest absolute Gasteiger partial charge is 0.243 e. The van der Waals surface area contributed by atoms with Gasteiger partial charge in [0, 0.05) is 12.0 Å². The summed E-state index contributed by atoms with van der Waals surface area (Å²) in [6, 6.07) is 4.96. The van der Waals surface area contributed by atoms with E-state index in [9.17, 15) is 4.39 Å². The number of rotatable bonds is 6. The van der Waals surface area contributed by atoms with Crippen LogP contribution >= 0.6 is 11.6 Å². The average molecular weight is 402 g/mol. The van der Waals surface area contributed by atoms with Gasteiger partial charge in [0.1, 0.15) is 23.1 Å². The number of hydrogen-bond donors (Lipinski definition) is 2. The van der Waals surface area contributed by atoms with E-state index in [0.29, 0.717) is 35.9 Å². The van der Waals surface area contributed by atoms with Crippen molar-refractivity contribution >= 4 is 22.9 Å². The highest BCUT2D eigenvalue weighted by Crippen LogP contribution is 2.29. The lowest BCUT2D eigenvalue weighted by molar-refractivity contribution is 0.304. The van der Waals surface area contributed by atoms with Gasteiger partial charge in [-0.25, -0.2) is 8.91 Å². The molecule has 1 aliphatic rings. The summed E-state index contributed by atoms with van der Waals surface area (Å²) in [7, 11) is 0. The molecule has 0 aromatic carbocycles. The Labute approximate surface area is 167 Å². The maximum atomic E-state index is 13.7. The third-order valence-electron chi connectivity index (χ3n) is 4.71. The van der Waals surface area contributed by atoms with Crippen LogP contribution in [-0.4, -0.2) is 26.8 Å². The van der Waals surface area contributed by atoms with Crippen molar-refractivity contribution in [1.82, 2.24) is 14.6 Å². The largest absolute Gasteiger partial charge is 0.467 e. The van der Waals surface area contributed by atoms with Crippen LogP contribution in [0.1, 0.15) is 36.8 Å². The Hall–Kier alpha value is -2.56. The van der Waals surface area contributed by atoms with Gasteiger partial charge in [0.2, 0.25) is 5.28 Å². The Bertz CT molecular complexity index is 1030. The van der Waals surface area contributed by atoms with Crippen LogP contribution in [0.5, 0.6) is 0 Å². The number of nitrogens with zero attached hydrogens (tertiary/aromatic N) is 3. The molecule has 0 unspecified atom stereocenters. The van der Waals surface area contributed by atoms with E-state index in [1.54, 1.807) is 10.8 Å². The van der Waals surface area contributed by atoms with Crippen LogP contribution in [0.2, 0.25) is 5.28 Å². The first-order valence-corrected chi connectivity index (χ1v) is 9.64. The lowest BCUT2D eigenvalue weighted by atomic mass is 10.0. The molecule has 4 rings (SSSR count). The van der Waals surface area contributed by atoms with Gasteiger partial charge in [0.15, 0.2) is 5.82 Å². The van der Waals surface area contributed by atoms with Crippen molar-refractivity contribution in [2.75, 3.05) is 5.32 Å². The Morgan fingerprint density at radius 2 is 2.32 bits per heavy atom. The number of hydrogen-bond acceptors (Lipinski definition) is 5. The van der Waals surface area contributed by atoms with Gasteiger partial charge in [-0.2, -0.15) is 4.98 Å². The van der Waals surface area contributed by atoms with Crippen molar-refractivity contribution in [3.8, 4) is 11.8 Å². The quantitative estimate of drug-likeness (QED) is 0.617. The highest BCUT2D eigenvalue weighted by molar-refractivity contribution is 6.28.